The normalized spacial score (nSPS) is 11.3. The van der Waals surface area contributed by atoms with Gasteiger partial charge in [0.15, 0.2) is 5.76 Å². The van der Waals surface area contributed by atoms with Crippen LogP contribution in [0.3, 0.4) is 0 Å². The van der Waals surface area contributed by atoms with E-state index in [9.17, 15) is 9.90 Å². The molecule has 6 heteroatoms. The van der Waals surface area contributed by atoms with Crippen molar-refractivity contribution in [1.29, 1.82) is 0 Å². The minimum Gasteiger partial charge on any atom is -0.439 e. The molecule has 2 rings (SSSR count). The van der Waals surface area contributed by atoms with Gasteiger partial charge in [-0.2, -0.15) is 0 Å². The van der Waals surface area contributed by atoms with Crippen LogP contribution in [0.15, 0.2) is 40.9 Å². The van der Waals surface area contributed by atoms with E-state index in [1.54, 1.807) is 24.9 Å². The number of amides is 2. The summed E-state index contributed by atoms with van der Waals surface area (Å²) < 4.78 is 5.64. The molecule has 1 aromatic heterocycles. The van der Waals surface area contributed by atoms with Crippen molar-refractivity contribution in [2.45, 2.75) is 32.9 Å². The lowest BCUT2D eigenvalue weighted by molar-refractivity contribution is 0.0479. The number of carbonyl (C=O) groups is 1. The molecule has 1 heterocycles. The van der Waals surface area contributed by atoms with E-state index in [2.05, 4.69) is 10.3 Å². The van der Waals surface area contributed by atoms with Crippen molar-refractivity contribution < 1.29 is 14.3 Å². The van der Waals surface area contributed by atoms with Gasteiger partial charge >= 0.3 is 6.03 Å². The van der Waals surface area contributed by atoms with Gasteiger partial charge in [0, 0.05) is 12.1 Å². The molecule has 0 aliphatic carbocycles. The minimum atomic E-state index is -0.934. The smallest absolute Gasteiger partial charge is 0.317 e. The number of hydrogen-bond acceptors (Lipinski definition) is 4. The lowest BCUT2D eigenvalue weighted by atomic mass is 10.1. The zero-order valence-corrected chi connectivity index (χ0v) is 13.7. The number of oxazole rings is 1. The first-order valence-electron chi connectivity index (χ1n) is 7.64. The first-order valence-corrected chi connectivity index (χ1v) is 7.64. The Balaban J connectivity index is 1.93. The van der Waals surface area contributed by atoms with Crippen molar-refractivity contribution in [2.75, 3.05) is 13.1 Å². The number of likely N-dealkylation sites (N-methyl/N-ethyl adjacent to an activating group) is 1. The van der Waals surface area contributed by atoms with Crippen molar-refractivity contribution in [3.63, 3.8) is 0 Å². The highest BCUT2D eigenvalue weighted by Crippen LogP contribution is 2.19. The summed E-state index contributed by atoms with van der Waals surface area (Å²) in [5, 5.41) is 12.6. The van der Waals surface area contributed by atoms with Gasteiger partial charge in [0.25, 0.3) is 0 Å². The van der Waals surface area contributed by atoms with Gasteiger partial charge < -0.3 is 19.7 Å². The van der Waals surface area contributed by atoms with Gasteiger partial charge in [0.2, 0.25) is 5.89 Å². The van der Waals surface area contributed by atoms with Crippen molar-refractivity contribution in [3.05, 3.63) is 42.4 Å². The van der Waals surface area contributed by atoms with Crippen LogP contribution >= 0.6 is 0 Å². The third kappa shape index (κ3) is 5.10. The summed E-state index contributed by atoms with van der Waals surface area (Å²) >= 11 is 0. The van der Waals surface area contributed by atoms with Gasteiger partial charge in [-0.05, 0) is 20.8 Å². The van der Waals surface area contributed by atoms with Crippen molar-refractivity contribution in [1.82, 2.24) is 15.2 Å². The topological polar surface area (TPSA) is 78.6 Å². The molecule has 0 fully saturated rings. The molecule has 0 saturated heterocycles. The summed E-state index contributed by atoms with van der Waals surface area (Å²) in [6.07, 6.45) is 1.64. The molecule has 0 saturated carbocycles. The Bertz CT molecular complexity index is 632. The van der Waals surface area contributed by atoms with Gasteiger partial charge in [-0.25, -0.2) is 9.78 Å². The van der Waals surface area contributed by atoms with E-state index in [0.717, 1.165) is 5.56 Å². The van der Waals surface area contributed by atoms with Crippen LogP contribution in [0.25, 0.3) is 11.3 Å². The molecule has 0 spiro atoms. The highest BCUT2D eigenvalue weighted by Gasteiger charge is 2.21. The molecule has 23 heavy (non-hydrogen) atoms. The standard InChI is InChI=1S/C17H23N3O3/c1-4-20(12-17(2,3)22)16(21)19-11-15-18-10-14(23-15)13-8-6-5-7-9-13/h5-10,22H,4,11-12H2,1-3H3,(H,19,21). The maximum atomic E-state index is 12.1. The van der Waals surface area contributed by atoms with Crippen molar-refractivity contribution in [2.24, 2.45) is 0 Å². The van der Waals surface area contributed by atoms with E-state index < -0.39 is 5.60 Å². The number of rotatable bonds is 6. The van der Waals surface area contributed by atoms with E-state index in [0.29, 0.717) is 18.2 Å². The van der Waals surface area contributed by atoms with E-state index >= 15 is 0 Å². The maximum Gasteiger partial charge on any atom is 0.317 e. The zero-order chi connectivity index (χ0) is 16.9. The fourth-order valence-corrected chi connectivity index (χ4v) is 2.19. The second-order valence-corrected chi connectivity index (χ2v) is 5.97. The average molecular weight is 317 g/mol. The molecule has 0 unspecified atom stereocenters. The average Bonchev–Trinajstić information content (AvgIpc) is 2.99. The quantitative estimate of drug-likeness (QED) is 0.858. The van der Waals surface area contributed by atoms with Gasteiger partial charge in [-0.1, -0.05) is 30.3 Å². The molecule has 6 nitrogen and oxygen atoms in total. The lowest BCUT2D eigenvalue weighted by Crippen LogP contribution is -2.46. The highest BCUT2D eigenvalue weighted by atomic mass is 16.4. The third-order valence-electron chi connectivity index (χ3n) is 3.25. The van der Waals surface area contributed by atoms with Gasteiger partial charge in [-0.15, -0.1) is 0 Å². The van der Waals surface area contributed by atoms with Crippen LogP contribution in [0, 0.1) is 0 Å². The maximum absolute atomic E-state index is 12.1. The lowest BCUT2D eigenvalue weighted by Gasteiger charge is -2.28. The SMILES string of the molecule is CCN(CC(C)(C)O)C(=O)NCc1ncc(-c2ccccc2)o1. The summed E-state index contributed by atoms with van der Waals surface area (Å²) in [7, 11) is 0. The molecule has 0 radical (unpaired) electrons. The molecule has 0 aliphatic rings. The Morgan fingerprint density at radius 3 is 2.65 bits per heavy atom. The molecular weight excluding hydrogens is 294 g/mol. The fraction of sp³-hybridized carbons (Fsp3) is 0.412. The number of aliphatic hydroxyl groups is 1. The first kappa shape index (κ1) is 17.0. The summed E-state index contributed by atoms with van der Waals surface area (Å²) in [4.78, 5) is 17.9. The second-order valence-electron chi connectivity index (χ2n) is 5.97. The van der Waals surface area contributed by atoms with E-state index in [1.807, 2.05) is 37.3 Å². The summed E-state index contributed by atoms with van der Waals surface area (Å²) in [5.41, 5.74) is 0.00585. The van der Waals surface area contributed by atoms with Crippen molar-refractivity contribution in [3.8, 4) is 11.3 Å². The molecule has 0 atom stereocenters. The monoisotopic (exact) mass is 317 g/mol. The van der Waals surface area contributed by atoms with Crippen LogP contribution in [0.5, 0.6) is 0 Å². The van der Waals surface area contributed by atoms with E-state index in [4.69, 9.17) is 4.42 Å². The van der Waals surface area contributed by atoms with Crippen molar-refractivity contribution >= 4 is 6.03 Å². The third-order valence-corrected chi connectivity index (χ3v) is 3.25. The van der Waals surface area contributed by atoms with Crippen LogP contribution in [0.1, 0.15) is 26.7 Å². The van der Waals surface area contributed by atoms with Gasteiger partial charge in [-0.3, -0.25) is 0 Å². The Morgan fingerprint density at radius 2 is 2.04 bits per heavy atom. The largest absolute Gasteiger partial charge is 0.439 e. The molecule has 0 aliphatic heterocycles. The molecule has 124 valence electrons. The fourth-order valence-electron chi connectivity index (χ4n) is 2.19. The van der Waals surface area contributed by atoms with Gasteiger partial charge in [0.05, 0.1) is 24.9 Å². The molecule has 1 aromatic carbocycles. The predicted octanol–water partition coefficient (Wildman–Crippen LogP) is 2.64. The first-order chi connectivity index (χ1) is 10.9. The molecule has 2 N–H and O–H groups in total. The number of aromatic nitrogens is 1. The van der Waals surface area contributed by atoms with Crippen LogP contribution in [-0.2, 0) is 6.54 Å². The van der Waals surface area contributed by atoms with Crippen LogP contribution in [0.4, 0.5) is 4.79 Å². The molecule has 2 amide bonds. The number of nitrogens with zero attached hydrogens (tertiary/aromatic N) is 2. The van der Waals surface area contributed by atoms with Crippen LogP contribution < -0.4 is 5.32 Å². The minimum absolute atomic E-state index is 0.202. The number of nitrogens with one attached hydrogen (secondary N) is 1. The molecule has 2 aromatic rings. The summed E-state index contributed by atoms with van der Waals surface area (Å²) in [5.74, 6) is 1.11. The van der Waals surface area contributed by atoms with Crippen LogP contribution in [0.2, 0.25) is 0 Å². The molecular formula is C17H23N3O3. The number of carbonyl (C=O) groups excluding carboxylic acids is 1. The van der Waals surface area contributed by atoms with E-state index in [-0.39, 0.29) is 19.1 Å². The summed E-state index contributed by atoms with van der Waals surface area (Å²) in [6.45, 7) is 6.18. The van der Waals surface area contributed by atoms with E-state index in [1.165, 1.54) is 0 Å². The Hall–Kier alpha value is -2.34. The second kappa shape index (κ2) is 7.28. The Morgan fingerprint density at radius 1 is 1.35 bits per heavy atom. The van der Waals surface area contributed by atoms with Crippen LogP contribution in [-0.4, -0.2) is 39.7 Å². The predicted molar refractivity (Wildman–Crippen MR) is 87.7 cm³/mol. The van der Waals surface area contributed by atoms with Gasteiger partial charge in [0.1, 0.15) is 0 Å². The Labute approximate surface area is 136 Å². The number of benzene rings is 1. The highest BCUT2D eigenvalue weighted by molar-refractivity contribution is 5.74. The summed E-state index contributed by atoms with van der Waals surface area (Å²) in [6, 6.07) is 9.40. The number of urea groups is 1. The molecule has 0 bridgehead atoms. The number of hydrogen-bond donors (Lipinski definition) is 2. The Kier molecular flexibility index (Phi) is 5.39. The zero-order valence-electron chi connectivity index (χ0n) is 13.7.